The second-order valence-electron chi connectivity index (χ2n) is 8.89. The minimum absolute atomic E-state index is 0.0775. The van der Waals surface area contributed by atoms with E-state index in [1.54, 1.807) is 40.2 Å². The SMILES string of the molecule is COc1ccc([C@H](C)NC(=O)CN(Cc2ccccc2)S(=O)(=O)c2c(C)cc(C)cc2C)cc1OC. The van der Waals surface area contributed by atoms with E-state index in [0.717, 1.165) is 16.7 Å². The lowest BCUT2D eigenvalue weighted by Crippen LogP contribution is -2.41. The number of sulfonamides is 1. The number of amides is 1. The highest BCUT2D eigenvalue weighted by Gasteiger charge is 2.30. The lowest BCUT2D eigenvalue weighted by atomic mass is 10.1. The smallest absolute Gasteiger partial charge is 0.244 e. The van der Waals surface area contributed by atoms with Gasteiger partial charge in [0.1, 0.15) is 0 Å². The molecule has 3 rings (SSSR count). The van der Waals surface area contributed by atoms with Crippen molar-refractivity contribution in [1.82, 2.24) is 9.62 Å². The molecule has 0 fully saturated rings. The van der Waals surface area contributed by atoms with E-state index < -0.39 is 15.9 Å². The van der Waals surface area contributed by atoms with Gasteiger partial charge in [0.05, 0.1) is 31.7 Å². The zero-order valence-corrected chi connectivity index (χ0v) is 22.5. The van der Waals surface area contributed by atoms with Crippen LogP contribution in [0.4, 0.5) is 0 Å². The van der Waals surface area contributed by atoms with Crippen LogP contribution in [0.2, 0.25) is 0 Å². The molecule has 3 aromatic rings. The van der Waals surface area contributed by atoms with Crippen LogP contribution in [-0.4, -0.2) is 39.4 Å². The second kappa shape index (κ2) is 11.6. The first-order valence-electron chi connectivity index (χ1n) is 11.7. The molecule has 0 heterocycles. The number of ether oxygens (including phenoxy) is 2. The Morgan fingerprint density at radius 2 is 1.53 bits per heavy atom. The fraction of sp³-hybridized carbons (Fsp3) is 0.321. The average Bonchev–Trinajstić information content (AvgIpc) is 2.82. The van der Waals surface area contributed by atoms with Crippen LogP contribution in [0, 0.1) is 20.8 Å². The topological polar surface area (TPSA) is 84.9 Å². The summed E-state index contributed by atoms with van der Waals surface area (Å²) in [6.07, 6.45) is 0. The zero-order chi connectivity index (χ0) is 26.5. The molecule has 192 valence electrons. The lowest BCUT2D eigenvalue weighted by Gasteiger charge is -2.25. The summed E-state index contributed by atoms with van der Waals surface area (Å²) in [4.78, 5) is 13.4. The highest BCUT2D eigenvalue weighted by molar-refractivity contribution is 7.89. The predicted molar refractivity (Wildman–Crippen MR) is 141 cm³/mol. The van der Waals surface area contributed by atoms with Crippen molar-refractivity contribution < 1.29 is 22.7 Å². The molecule has 0 saturated carbocycles. The molecule has 0 aromatic heterocycles. The summed E-state index contributed by atoms with van der Waals surface area (Å²) in [5, 5.41) is 2.92. The number of hydrogen-bond donors (Lipinski definition) is 1. The highest BCUT2D eigenvalue weighted by atomic mass is 32.2. The van der Waals surface area contributed by atoms with E-state index in [1.807, 2.05) is 62.4 Å². The average molecular weight is 511 g/mol. The van der Waals surface area contributed by atoms with Crippen LogP contribution in [0.15, 0.2) is 65.6 Å². The van der Waals surface area contributed by atoms with Crippen molar-refractivity contribution in [3.05, 3.63) is 88.5 Å². The van der Waals surface area contributed by atoms with E-state index in [1.165, 1.54) is 4.31 Å². The molecule has 1 atom stereocenters. The van der Waals surface area contributed by atoms with Crippen molar-refractivity contribution in [2.45, 2.75) is 45.2 Å². The molecule has 36 heavy (non-hydrogen) atoms. The maximum absolute atomic E-state index is 13.9. The number of benzene rings is 3. The Labute approximate surface area is 214 Å². The van der Waals surface area contributed by atoms with Gasteiger partial charge in [-0.3, -0.25) is 4.79 Å². The van der Waals surface area contributed by atoms with Crippen LogP contribution in [0.1, 0.15) is 40.8 Å². The number of carbonyl (C=O) groups is 1. The standard InChI is InChI=1S/C28H34N2O5S/c1-19-14-20(2)28(21(3)15-19)36(32,33)30(17-23-10-8-7-9-11-23)18-27(31)29-22(4)24-12-13-25(34-5)26(16-24)35-6/h7-16,22H,17-18H2,1-6H3,(H,29,31)/t22-/m0/s1. The number of carbonyl (C=O) groups excluding carboxylic acids is 1. The van der Waals surface area contributed by atoms with Crippen molar-refractivity contribution in [3.8, 4) is 11.5 Å². The Kier molecular flexibility index (Phi) is 8.76. The second-order valence-corrected chi connectivity index (χ2v) is 10.8. The highest BCUT2D eigenvalue weighted by Crippen LogP contribution is 2.30. The molecule has 0 aliphatic carbocycles. The Morgan fingerprint density at radius 1 is 0.917 bits per heavy atom. The lowest BCUT2D eigenvalue weighted by molar-refractivity contribution is -0.122. The largest absolute Gasteiger partial charge is 0.493 e. The number of aryl methyl sites for hydroxylation is 3. The monoisotopic (exact) mass is 510 g/mol. The summed E-state index contributed by atoms with van der Waals surface area (Å²) in [6.45, 7) is 7.10. The Morgan fingerprint density at radius 3 is 2.11 bits per heavy atom. The minimum atomic E-state index is -3.96. The van der Waals surface area contributed by atoms with Gasteiger partial charge in [-0.15, -0.1) is 0 Å². The van der Waals surface area contributed by atoms with Gasteiger partial charge in [-0.2, -0.15) is 4.31 Å². The van der Waals surface area contributed by atoms with E-state index in [-0.39, 0.29) is 24.0 Å². The Balaban J connectivity index is 1.89. The summed E-state index contributed by atoms with van der Waals surface area (Å²) >= 11 is 0. The summed E-state index contributed by atoms with van der Waals surface area (Å²) in [5.41, 5.74) is 3.90. The number of methoxy groups -OCH3 is 2. The third-order valence-electron chi connectivity index (χ3n) is 6.01. The van der Waals surface area contributed by atoms with E-state index in [0.29, 0.717) is 22.6 Å². The first kappa shape index (κ1) is 27.2. The van der Waals surface area contributed by atoms with Gasteiger partial charge in [0.25, 0.3) is 0 Å². The maximum Gasteiger partial charge on any atom is 0.244 e. The van der Waals surface area contributed by atoms with E-state index in [2.05, 4.69) is 5.32 Å². The number of rotatable bonds is 10. The minimum Gasteiger partial charge on any atom is -0.493 e. The quantitative estimate of drug-likeness (QED) is 0.428. The summed E-state index contributed by atoms with van der Waals surface area (Å²) < 4.78 is 39.6. The number of hydrogen-bond acceptors (Lipinski definition) is 5. The third kappa shape index (κ3) is 6.25. The predicted octanol–water partition coefficient (Wildman–Crippen LogP) is 4.70. The molecular formula is C28H34N2O5S. The van der Waals surface area contributed by atoms with Crippen LogP contribution in [0.25, 0.3) is 0 Å². The molecule has 1 amide bonds. The molecule has 0 saturated heterocycles. The van der Waals surface area contributed by atoms with Crippen molar-refractivity contribution in [2.24, 2.45) is 0 Å². The fourth-order valence-electron chi connectivity index (χ4n) is 4.37. The molecule has 0 aliphatic rings. The van der Waals surface area contributed by atoms with Crippen molar-refractivity contribution in [3.63, 3.8) is 0 Å². The van der Waals surface area contributed by atoms with Crippen molar-refractivity contribution in [2.75, 3.05) is 20.8 Å². The number of nitrogens with one attached hydrogen (secondary N) is 1. The van der Waals surface area contributed by atoms with E-state index in [4.69, 9.17) is 9.47 Å². The van der Waals surface area contributed by atoms with Gasteiger partial charge >= 0.3 is 0 Å². The normalized spacial score (nSPS) is 12.3. The van der Waals surface area contributed by atoms with Crippen molar-refractivity contribution in [1.29, 1.82) is 0 Å². The third-order valence-corrected chi connectivity index (χ3v) is 8.11. The van der Waals surface area contributed by atoms with Gasteiger partial charge < -0.3 is 14.8 Å². The molecule has 7 nitrogen and oxygen atoms in total. The Bertz CT molecular complexity index is 1300. The van der Waals surface area contributed by atoms with Crippen LogP contribution >= 0.6 is 0 Å². The fourth-order valence-corrected chi connectivity index (χ4v) is 6.16. The molecule has 0 aliphatic heterocycles. The zero-order valence-electron chi connectivity index (χ0n) is 21.7. The van der Waals surface area contributed by atoms with Gasteiger partial charge in [0.15, 0.2) is 11.5 Å². The van der Waals surface area contributed by atoms with Gasteiger partial charge in [0, 0.05) is 6.54 Å². The molecule has 0 bridgehead atoms. The molecule has 0 spiro atoms. The molecule has 3 aromatic carbocycles. The van der Waals surface area contributed by atoms with Gasteiger partial charge in [-0.05, 0) is 62.1 Å². The molecule has 0 unspecified atom stereocenters. The van der Waals surface area contributed by atoms with Gasteiger partial charge in [-0.1, -0.05) is 54.1 Å². The first-order chi connectivity index (χ1) is 17.1. The van der Waals surface area contributed by atoms with Gasteiger partial charge in [-0.25, -0.2) is 8.42 Å². The molecular weight excluding hydrogens is 476 g/mol. The summed E-state index contributed by atoms with van der Waals surface area (Å²) in [6, 6.07) is 18.0. The maximum atomic E-state index is 13.9. The summed E-state index contributed by atoms with van der Waals surface area (Å²) in [7, 11) is -0.851. The van der Waals surface area contributed by atoms with Crippen LogP contribution in [0.3, 0.4) is 0 Å². The Hall–Kier alpha value is -3.36. The van der Waals surface area contributed by atoms with E-state index in [9.17, 15) is 13.2 Å². The number of nitrogens with zero attached hydrogens (tertiary/aromatic N) is 1. The molecule has 8 heteroatoms. The molecule has 0 radical (unpaired) electrons. The van der Waals surface area contributed by atoms with Crippen molar-refractivity contribution >= 4 is 15.9 Å². The van der Waals surface area contributed by atoms with Crippen LogP contribution < -0.4 is 14.8 Å². The first-order valence-corrected chi connectivity index (χ1v) is 13.1. The summed E-state index contributed by atoms with van der Waals surface area (Å²) in [5.74, 6) is 0.734. The van der Waals surface area contributed by atoms with E-state index >= 15 is 0 Å². The van der Waals surface area contributed by atoms with Crippen LogP contribution in [0.5, 0.6) is 11.5 Å². The van der Waals surface area contributed by atoms with Gasteiger partial charge in [0.2, 0.25) is 15.9 Å². The van der Waals surface area contributed by atoms with Crippen LogP contribution in [-0.2, 0) is 21.4 Å². The molecule has 1 N–H and O–H groups in total.